The Hall–Kier alpha value is -3.99. The number of halogens is 7. The molecule has 0 bridgehead atoms. The lowest BCUT2D eigenvalue weighted by molar-refractivity contribution is -0.193. The second kappa shape index (κ2) is 15.0. The number of nitrogens with zero attached hydrogens (tertiary/aromatic N) is 3. The Labute approximate surface area is 226 Å². The van der Waals surface area contributed by atoms with Crippen molar-refractivity contribution in [2.24, 2.45) is 5.73 Å². The number of aromatic nitrogens is 2. The molecule has 3 rings (SSSR count). The summed E-state index contributed by atoms with van der Waals surface area (Å²) in [6.07, 6.45) is -5.76. The monoisotopic (exact) mass is 601 g/mol. The number of likely N-dealkylation sites (tertiary alicyclic amines) is 1. The molecule has 5 N–H and O–H groups in total. The van der Waals surface area contributed by atoms with Gasteiger partial charge in [0.15, 0.2) is 0 Å². The Morgan fingerprint density at radius 3 is 2.00 bits per heavy atom. The van der Waals surface area contributed by atoms with Crippen molar-refractivity contribution in [3.63, 3.8) is 0 Å². The zero-order valence-corrected chi connectivity index (χ0v) is 20.9. The summed E-state index contributed by atoms with van der Waals surface area (Å²) < 4.78 is 63.5. The molecule has 1 aliphatic heterocycles. The molecule has 1 aromatic carbocycles. The highest BCUT2D eigenvalue weighted by Gasteiger charge is 2.39. The van der Waals surface area contributed by atoms with Gasteiger partial charge in [0.05, 0.1) is 0 Å². The lowest BCUT2D eigenvalue weighted by atomic mass is 10.1. The third-order valence-electron chi connectivity index (χ3n) is 4.90. The number of nitrogens with two attached hydrogens (primary N) is 1. The molecule has 0 spiro atoms. The number of rotatable bonds is 5. The quantitative estimate of drug-likeness (QED) is 0.375. The smallest absolute Gasteiger partial charge is 0.475 e. The SMILES string of the molecule is NCc1ccc(Cl)cc1CNC(=O)[C@@H]1CCCN1C(=O)c1ncccn1.O=C(O)C(F)(F)F.O=C(O)C(F)(F)F. The number of alkyl halides is 6. The molecule has 2 amide bonds. The van der Waals surface area contributed by atoms with Gasteiger partial charge in [-0.3, -0.25) is 9.59 Å². The molecule has 0 saturated carbocycles. The van der Waals surface area contributed by atoms with E-state index in [0.29, 0.717) is 31.1 Å². The van der Waals surface area contributed by atoms with E-state index in [2.05, 4.69) is 15.3 Å². The summed E-state index contributed by atoms with van der Waals surface area (Å²) in [5, 5.41) is 17.7. The highest BCUT2D eigenvalue weighted by Crippen LogP contribution is 2.20. The first-order chi connectivity index (χ1) is 18.5. The predicted molar refractivity (Wildman–Crippen MR) is 125 cm³/mol. The standard InChI is InChI=1S/C18H20ClN5O2.2C2HF3O2/c19-14-5-4-12(10-20)13(9-14)11-23-17(25)15-3-1-8-24(15)18(26)16-21-6-2-7-22-16;2*3-2(4,5)1(6)7/h2,4-7,9,15H,1,3,8,10-11,20H2,(H,23,25);2*(H,6,7)/t15-;;/m0../s1. The van der Waals surface area contributed by atoms with Crippen molar-refractivity contribution in [2.45, 2.75) is 44.3 Å². The van der Waals surface area contributed by atoms with Crippen LogP contribution in [0.25, 0.3) is 0 Å². The average molecular weight is 602 g/mol. The molecule has 1 aliphatic rings. The summed E-state index contributed by atoms with van der Waals surface area (Å²) in [5.74, 6) is -5.93. The average Bonchev–Trinajstić information content (AvgIpc) is 3.37. The molecular formula is C22H22ClF6N5O6. The van der Waals surface area contributed by atoms with Gasteiger partial charge in [-0.2, -0.15) is 26.3 Å². The summed E-state index contributed by atoms with van der Waals surface area (Å²) in [7, 11) is 0. The highest BCUT2D eigenvalue weighted by molar-refractivity contribution is 6.30. The Kier molecular flexibility index (Phi) is 12.7. The molecule has 2 aromatic rings. The van der Waals surface area contributed by atoms with Crippen LogP contribution in [-0.4, -0.2) is 73.8 Å². The predicted octanol–water partition coefficient (Wildman–Crippen LogP) is 2.78. The summed E-state index contributed by atoms with van der Waals surface area (Å²) in [5.41, 5.74) is 7.53. The van der Waals surface area contributed by atoms with Gasteiger partial charge in [0.25, 0.3) is 5.91 Å². The fraction of sp³-hybridized carbons (Fsp3) is 0.364. The van der Waals surface area contributed by atoms with Gasteiger partial charge in [-0.05, 0) is 42.2 Å². The van der Waals surface area contributed by atoms with Crippen molar-refractivity contribution in [2.75, 3.05) is 6.54 Å². The Balaban J connectivity index is 0.000000473. The number of hydrogen-bond acceptors (Lipinski definition) is 7. The molecule has 11 nitrogen and oxygen atoms in total. The van der Waals surface area contributed by atoms with Crippen LogP contribution >= 0.6 is 11.6 Å². The minimum absolute atomic E-state index is 0.104. The van der Waals surface area contributed by atoms with E-state index in [1.54, 1.807) is 18.2 Å². The van der Waals surface area contributed by atoms with Crippen LogP contribution in [0.2, 0.25) is 5.02 Å². The number of aliphatic carboxylic acids is 2. The van der Waals surface area contributed by atoms with Crippen LogP contribution in [0.3, 0.4) is 0 Å². The zero-order valence-electron chi connectivity index (χ0n) is 20.2. The summed E-state index contributed by atoms with van der Waals surface area (Å²) in [6.45, 7) is 1.19. The first kappa shape index (κ1) is 34.0. The number of hydrogen-bond donors (Lipinski definition) is 4. The van der Waals surface area contributed by atoms with Crippen LogP contribution in [0.4, 0.5) is 26.3 Å². The van der Waals surface area contributed by atoms with Crippen LogP contribution < -0.4 is 11.1 Å². The maximum absolute atomic E-state index is 12.6. The number of benzene rings is 1. The second-order valence-electron chi connectivity index (χ2n) is 7.67. The number of carbonyl (C=O) groups excluding carboxylic acids is 2. The minimum Gasteiger partial charge on any atom is -0.475 e. The molecule has 1 atom stereocenters. The molecule has 220 valence electrons. The van der Waals surface area contributed by atoms with E-state index in [-0.39, 0.29) is 17.6 Å². The molecule has 1 aromatic heterocycles. The number of carbonyl (C=O) groups is 4. The van der Waals surface area contributed by atoms with Gasteiger partial charge in [0.2, 0.25) is 11.7 Å². The van der Waals surface area contributed by atoms with Crippen molar-refractivity contribution < 1.29 is 55.7 Å². The van der Waals surface area contributed by atoms with E-state index in [1.165, 1.54) is 17.3 Å². The fourth-order valence-corrected chi connectivity index (χ4v) is 3.27. The van der Waals surface area contributed by atoms with Crippen LogP contribution in [0.15, 0.2) is 36.7 Å². The third kappa shape index (κ3) is 11.0. The van der Waals surface area contributed by atoms with E-state index in [9.17, 15) is 35.9 Å². The summed E-state index contributed by atoms with van der Waals surface area (Å²) in [6, 6.07) is 6.53. The topological polar surface area (TPSA) is 176 Å². The summed E-state index contributed by atoms with van der Waals surface area (Å²) >= 11 is 6.03. The van der Waals surface area contributed by atoms with Crippen molar-refractivity contribution >= 4 is 35.4 Å². The molecule has 18 heteroatoms. The Bertz CT molecular complexity index is 1160. The molecular weight excluding hydrogens is 580 g/mol. The second-order valence-corrected chi connectivity index (χ2v) is 8.11. The van der Waals surface area contributed by atoms with Gasteiger partial charge in [0.1, 0.15) is 6.04 Å². The number of nitrogens with one attached hydrogen (secondary N) is 1. The third-order valence-corrected chi connectivity index (χ3v) is 5.13. The summed E-state index contributed by atoms with van der Waals surface area (Å²) in [4.78, 5) is 52.5. The first-order valence-electron chi connectivity index (χ1n) is 10.9. The zero-order chi connectivity index (χ0) is 30.7. The highest BCUT2D eigenvalue weighted by atomic mass is 35.5. The van der Waals surface area contributed by atoms with E-state index in [1.807, 2.05) is 6.07 Å². The van der Waals surface area contributed by atoms with Gasteiger partial charge >= 0.3 is 24.3 Å². The van der Waals surface area contributed by atoms with Crippen molar-refractivity contribution in [1.82, 2.24) is 20.2 Å². The maximum Gasteiger partial charge on any atom is 0.490 e. The minimum atomic E-state index is -5.08. The molecule has 0 unspecified atom stereocenters. The largest absolute Gasteiger partial charge is 0.490 e. The van der Waals surface area contributed by atoms with E-state index in [4.69, 9.17) is 37.1 Å². The molecule has 2 heterocycles. The molecule has 0 aliphatic carbocycles. The first-order valence-corrected chi connectivity index (χ1v) is 11.3. The Morgan fingerprint density at radius 1 is 1.00 bits per heavy atom. The van der Waals surface area contributed by atoms with Crippen LogP contribution in [-0.2, 0) is 27.5 Å². The van der Waals surface area contributed by atoms with Crippen molar-refractivity contribution in [1.29, 1.82) is 0 Å². The van der Waals surface area contributed by atoms with Gasteiger partial charge in [-0.25, -0.2) is 19.6 Å². The molecule has 0 radical (unpaired) electrons. The number of carboxylic acid groups (broad SMARTS) is 2. The molecule has 40 heavy (non-hydrogen) atoms. The van der Waals surface area contributed by atoms with Crippen molar-refractivity contribution in [3.8, 4) is 0 Å². The van der Waals surface area contributed by atoms with Gasteiger partial charge in [0, 0.05) is 37.1 Å². The lowest BCUT2D eigenvalue weighted by Gasteiger charge is -2.23. The Morgan fingerprint density at radius 2 is 1.52 bits per heavy atom. The van der Waals surface area contributed by atoms with Gasteiger partial charge < -0.3 is 26.2 Å². The van der Waals surface area contributed by atoms with Crippen LogP contribution in [0.5, 0.6) is 0 Å². The number of amides is 2. The van der Waals surface area contributed by atoms with Crippen LogP contribution in [0.1, 0.15) is 34.6 Å². The maximum atomic E-state index is 12.6. The molecule has 1 fully saturated rings. The van der Waals surface area contributed by atoms with E-state index >= 15 is 0 Å². The van der Waals surface area contributed by atoms with Gasteiger partial charge in [-0.1, -0.05) is 17.7 Å². The van der Waals surface area contributed by atoms with Gasteiger partial charge in [-0.15, -0.1) is 0 Å². The van der Waals surface area contributed by atoms with E-state index < -0.39 is 30.3 Å². The lowest BCUT2D eigenvalue weighted by Crippen LogP contribution is -2.46. The van der Waals surface area contributed by atoms with Crippen molar-refractivity contribution in [3.05, 3.63) is 58.6 Å². The molecule has 1 saturated heterocycles. The fourth-order valence-electron chi connectivity index (χ4n) is 3.08. The van der Waals surface area contributed by atoms with E-state index in [0.717, 1.165) is 17.5 Å². The normalized spacial score (nSPS) is 14.7. The van der Waals surface area contributed by atoms with Crippen LogP contribution in [0, 0.1) is 0 Å². The number of carboxylic acids is 2.